The van der Waals surface area contributed by atoms with Gasteiger partial charge >= 0.3 is 0 Å². The fourth-order valence-electron chi connectivity index (χ4n) is 2.56. The summed E-state index contributed by atoms with van der Waals surface area (Å²) < 4.78 is 13.0. The summed E-state index contributed by atoms with van der Waals surface area (Å²) in [6.07, 6.45) is 4.99. The smallest absolute Gasteiger partial charge is 0.191 e. The van der Waals surface area contributed by atoms with Crippen molar-refractivity contribution < 1.29 is 4.39 Å². The molecule has 2 aliphatic rings. The molecule has 3 nitrogen and oxygen atoms in total. The van der Waals surface area contributed by atoms with Crippen molar-refractivity contribution in [3.8, 4) is 0 Å². The molecular weight excluding hydrogens is 253 g/mol. The third kappa shape index (κ3) is 3.11. The summed E-state index contributed by atoms with van der Waals surface area (Å²) in [5.41, 5.74) is 1.40. The molecule has 2 saturated carbocycles. The van der Waals surface area contributed by atoms with Crippen LogP contribution in [-0.4, -0.2) is 26.1 Å². The van der Waals surface area contributed by atoms with Gasteiger partial charge in [-0.05, 0) is 49.3 Å². The molecule has 2 fully saturated rings. The number of rotatable bonds is 5. The van der Waals surface area contributed by atoms with E-state index >= 15 is 0 Å². The lowest BCUT2D eigenvalue weighted by Gasteiger charge is -2.19. The van der Waals surface area contributed by atoms with Crippen molar-refractivity contribution >= 4 is 5.96 Å². The minimum Gasteiger partial charge on any atom is -0.356 e. The van der Waals surface area contributed by atoms with Crippen molar-refractivity contribution in [3.05, 3.63) is 35.6 Å². The van der Waals surface area contributed by atoms with E-state index < -0.39 is 0 Å². The van der Waals surface area contributed by atoms with Gasteiger partial charge in [0.05, 0.1) is 0 Å². The third-order valence-corrected chi connectivity index (χ3v) is 4.38. The molecule has 0 spiro atoms. The minimum atomic E-state index is -0.167. The Morgan fingerprint density at radius 2 is 1.95 bits per heavy atom. The Bertz CT molecular complexity index is 487. The molecule has 0 radical (unpaired) electrons. The summed E-state index contributed by atoms with van der Waals surface area (Å²) in [4.78, 5) is 4.26. The lowest BCUT2D eigenvalue weighted by atomic mass is 9.96. The molecule has 0 unspecified atom stereocenters. The zero-order valence-electron chi connectivity index (χ0n) is 12.0. The normalized spacial score (nSPS) is 20.6. The molecule has 0 aromatic heterocycles. The highest BCUT2D eigenvalue weighted by Gasteiger charge is 2.44. The van der Waals surface area contributed by atoms with Gasteiger partial charge in [0, 0.05) is 25.6 Å². The van der Waals surface area contributed by atoms with Gasteiger partial charge in [-0.2, -0.15) is 0 Å². The zero-order valence-corrected chi connectivity index (χ0v) is 12.0. The molecule has 1 aromatic carbocycles. The summed E-state index contributed by atoms with van der Waals surface area (Å²) in [7, 11) is 1.81. The number of hydrogen-bond acceptors (Lipinski definition) is 1. The molecule has 20 heavy (non-hydrogen) atoms. The molecule has 3 rings (SSSR count). The Hall–Kier alpha value is -1.58. The second-order valence-electron chi connectivity index (χ2n) is 6.04. The van der Waals surface area contributed by atoms with Crippen LogP contribution < -0.4 is 10.6 Å². The van der Waals surface area contributed by atoms with E-state index in [-0.39, 0.29) is 11.2 Å². The van der Waals surface area contributed by atoms with Crippen LogP contribution in [-0.2, 0) is 5.41 Å². The number of guanidine groups is 1. The van der Waals surface area contributed by atoms with Crippen molar-refractivity contribution in [2.24, 2.45) is 10.9 Å². The molecule has 0 heterocycles. The fraction of sp³-hybridized carbons (Fsp3) is 0.562. The molecular formula is C16H22FN3. The second-order valence-corrected chi connectivity index (χ2v) is 6.04. The molecule has 0 amide bonds. The minimum absolute atomic E-state index is 0.167. The summed E-state index contributed by atoms with van der Waals surface area (Å²) in [5.74, 6) is 1.55. The average molecular weight is 275 g/mol. The standard InChI is InChI=1S/C16H22FN3/c1-18-15(19-10-12-2-3-12)20-11-16(8-9-16)13-4-6-14(17)7-5-13/h4-7,12H,2-3,8-11H2,1H3,(H2,18,19,20). The van der Waals surface area contributed by atoms with Crippen LogP contribution in [0.1, 0.15) is 31.2 Å². The van der Waals surface area contributed by atoms with Crippen LogP contribution in [0, 0.1) is 11.7 Å². The maximum atomic E-state index is 13.0. The van der Waals surface area contributed by atoms with E-state index in [9.17, 15) is 4.39 Å². The highest BCUT2D eigenvalue weighted by molar-refractivity contribution is 5.79. The Labute approximate surface area is 119 Å². The van der Waals surface area contributed by atoms with Crippen LogP contribution in [0.3, 0.4) is 0 Å². The van der Waals surface area contributed by atoms with Crippen LogP contribution in [0.2, 0.25) is 0 Å². The van der Waals surface area contributed by atoms with E-state index in [4.69, 9.17) is 0 Å². The predicted octanol–water partition coefficient (Wildman–Crippen LogP) is 2.43. The fourth-order valence-corrected chi connectivity index (χ4v) is 2.56. The molecule has 0 bridgehead atoms. The number of nitrogens with one attached hydrogen (secondary N) is 2. The summed E-state index contributed by atoms with van der Waals surface area (Å²) in [6, 6.07) is 6.92. The van der Waals surface area contributed by atoms with Gasteiger partial charge in [-0.25, -0.2) is 4.39 Å². The molecule has 1 aromatic rings. The highest BCUT2D eigenvalue weighted by atomic mass is 19.1. The number of nitrogens with zero attached hydrogens (tertiary/aromatic N) is 1. The maximum absolute atomic E-state index is 13.0. The Kier molecular flexibility index (Phi) is 3.64. The highest BCUT2D eigenvalue weighted by Crippen LogP contribution is 2.47. The predicted molar refractivity (Wildman–Crippen MR) is 79.4 cm³/mol. The van der Waals surface area contributed by atoms with Crippen LogP contribution in [0.25, 0.3) is 0 Å². The molecule has 4 heteroatoms. The van der Waals surface area contributed by atoms with Gasteiger partial charge in [0.25, 0.3) is 0 Å². The zero-order chi connectivity index (χ0) is 14.0. The first-order chi connectivity index (χ1) is 9.72. The van der Waals surface area contributed by atoms with Crippen LogP contribution in [0.4, 0.5) is 4.39 Å². The summed E-state index contributed by atoms with van der Waals surface area (Å²) in [6.45, 7) is 1.88. The Morgan fingerprint density at radius 1 is 1.25 bits per heavy atom. The van der Waals surface area contributed by atoms with Gasteiger partial charge < -0.3 is 10.6 Å². The van der Waals surface area contributed by atoms with Gasteiger partial charge in [-0.1, -0.05) is 12.1 Å². The third-order valence-electron chi connectivity index (χ3n) is 4.38. The number of hydrogen-bond donors (Lipinski definition) is 2. The first-order valence-electron chi connectivity index (χ1n) is 7.42. The molecule has 2 aliphatic carbocycles. The SMILES string of the molecule is CN=C(NCC1CC1)NCC1(c2ccc(F)cc2)CC1. The van der Waals surface area contributed by atoms with Gasteiger partial charge in [0.15, 0.2) is 5.96 Å². The van der Waals surface area contributed by atoms with Crippen molar-refractivity contribution in [2.75, 3.05) is 20.1 Å². The van der Waals surface area contributed by atoms with Crippen molar-refractivity contribution in [1.29, 1.82) is 0 Å². The van der Waals surface area contributed by atoms with E-state index in [0.717, 1.165) is 37.8 Å². The topological polar surface area (TPSA) is 36.4 Å². The lowest BCUT2D eigenvalue weighted by molar-refractivity contribution is 0.616. The van der Waals surface area contributed by atoms with Crippen LogP contribution in [0.5, 0.6) is 0 Å². The average Bonchev–Trinajstić information content (AvgIpc) is 3.35. The molecule has 2 N–H and O–H groups in total. The number of aliphatic imine (C=N–C) groups is 1. The van der Waals surface area contributed by atoms with Gasteiger partial charge in [0.2, 0.25) is 0 Å². The van der Waals surface area contributed by atoms with E-state index in [2.05, 4.69) is 15.6 Å². The second kappa shape index (κ2) is 5.43. The lowest BCUT2D eigenvalue weighted by Crippen LogP contribution is -2.41. The maximum Gasteiger partial charge on any atom is 0.191 e. The van der Waals surface area contributed by atoms with Crippen molar-refractivity contribution in [2.45, 2.75) is 31.1 Å². The molecule has 0 saturated heterocycles. The van der Waals surface area contributed by atoms with Gasteiger partial charge in [0.1, 0.15) is 5.82 Å². The van der Waals surface area contributed by atoms with E-state index in [1.807, 2.05) is 12.1 Å². The quantitative estimate of drug-likeness (QED) is 0.639. The molecule has 0 atom stereocenters. The first kappa shape index (κ1) is 13.4. The monoisotopic (exact) mass is 275 g/mol. The summed E-state index contributed by atoms with van der Waals surface area (Å²) >= 11 is 0. The van der Waals surface area contributed by atoms with Crippen molar-refractivity contribution in [1.82, 2.24) is 10.6 Å². The number of benzene rings is 1. The van der Waals surface area contributed by atoms with Gasteiger partial charge in [-0.3, -0.25) is 4.99 Å². The Morgan fingerprint density at radius 3 is 2.50 bits per heavy atom. The molecule has 108 valence electrons. The van der Waals surface area contributed by atoms with Crippen LogP contribution >= 0.6 is 0 Å². The van der Waals surface area contributed by atoms with Gasteiger partial charge in [-0.15, -0.1) is 0 Å². The first-order valence-corrected chi connectivity index (χ1v) is 7.42. The van der Waals surface area contributed by atoms with Crippen LogP contribution in [0.15, 0.2) is 29.3 Å². The van der Waals surface area contributed by atoms with E-state index in [0.29, 0.717) is 0 Å². The van der Waals surface area contributed by atoms with Crippen molar-refractivity contribution in [3.63, 3.8) is 0 Å². The number of halogens is 1. The molecule has 0 aliphatic heterocycles. The van der Waals surface area contributed by atoms with E-state index in [1.165, 1.54) is 18.4 Å². The Balaban J connectivity index is 1.54. The largest absolute Gasteiger partial charge is 0.356 e. The summed E-state index contributed by atoms with van der Waals surface area (Å²) in [5, 5.41) is 6.78. The van der Waals surface area contributed by atoms with E-state index in [1.54, 1.807) is 19.2 Å².